The molecule has 1 aliphatic heterocycles. The van der Waals surface area contributed by atoms with Gasteiger partial charge < -0.3 is 19.3 Å². The van der Waals surface area contributed by atoms with Crippen LogP contribution in [-0.4, -0.2) is 48.3 Å². The van der Waals surface area contributed by atoms with E-state index >= 15 is 0 Å². The first-order chi connectivity index (χ1) is 16.7. The monoisotopic (exact) mass is 490 g/mol. The van der Waals surface area contributed by atoms with Gasteiger partial charge in [0.2, 0.25) is 11.7 Å². The molecule has 0 aliphatic carbocycles. The fourth-order valence-electron chi connectivity index (χ4n) is 4.88. The molecule has 1 atom stereocenters. The van der Waals surface area contributed by atoms with Gasteiger partial charge in [-0.1, -0.05) is 65.2 Å². The van der Waals surface area contributed by atoms with Crippen LogP contribution in [-0.2, 0) is 22.7 Å². The van der Waals surface area contributed by atoms with Crippen LogP contribution in [0.4, 0.5) is 0 Å². The zero-order valence-corrected chi connectivity index (χ0v) is 23.5. The fraction of sp³-hybridized carbons (Fsp3) is 0.793. The van der Waals surface area contributed by atoms with E-state index in [4.69, 9.17) is 9.47 Å². The lowest BCUT2D eigenvalue weighted by molar-refractivity contribution is -0.902. The number of unbranched alkanes of at least 4 members (excludes halogenated alkanes) is 8. The van der Waals surface area contributed by atoms with E-state index in [0.717, 1.165) is 65.8 Å². The lowest BCUT2D eigenvalue weighted by Gasteiger charge is -2.38. The Morgan fingerprint density at radius 3 is 2.37 bits per heavy atom. The van der Waals surface area contributed by atoms with Crippen LogP contribution in [0.3, 0.4) is 0 Å². The van der Waals surface area contributed by atoms with Gasteiger partial charge in [-0.05, 0) is 19.8 Å². The Balaban J connectivity index is 1.72. The first-order valence-corrected chi connectivity index (χ1v) is 14.1. The van der Waals surface area contributed by atoms with E-state index in [1.807, 2.05) is 20.0 Å². The van der Waals surface area contributed by atoms with Gasteiger partial charge in [-0.2, -0.15) is 0 Å². The zero-order valence-electron chi connectivity index (χ0n) is 23.5. The van der Waals surface area contributed by atoms with E-state index in [0.29, 0.717) is 19.6 Å². The predicted molar refractivity (Wildman–Crippen MR) is 143 cm³/mol. The van der Waals surface area contributed by atoms with Crippen molar-refractivity contribution >= 4 is 5.91 Å². The van der Waals surface area contributed by atoms with Crippen molar-refractivity contribution in [2.75, 3.05) is 27.2 Å². The molecule has 2 heterocycles. The number of carbonyl (C=O) groups excluding carboxylic acids is 1. The van der Waals surface area contributed by atoms with Crippen molar-refractivity contribution in [1.29, 1.82) is 0 Å². The van der Waals surface area contributed by atoms with Crippen molar-refractivity contribution in [3.05, 3.63) is 23.0 Å². The van der Waals surface area contributed by atoms with Crippen LogP contribution >= 0.6 is 0 Å². The van der Waals surface area contributed by atoms with Crippen LogP contribution in [0.1, 0.15) is 115 Å². The summed E-state index contributed by atoms with van der Waals surface area (Å²) in [5.41, 5.74) is 3.20. The molecule has 0 aromatic carbocycles. The molecule has 0 radical (unpaired) electrons. The minimum atomic E-state index is -0.573. The summed E-state index contributed by atoms with van der Waals surface area (Å²) < 4.78 is 13.2. The van der Waals surface area contributed by atoms with Crippen LogP contribution in [0.2, 0.25) is 0 Å². The third kappa shape index (κ3) is 10.5. The van der Waals surface area contributed by atoms with Gasteiger partial charge in [0.1, 0.15) is 12.3 Å². The highest BCUT2D eigenvalue weighted by Crippen LogP contribution is 2.37. The van der Waals surface area contributed by atoms with Crippen LogP contribution in [0.25, 0.3) is 0 Å². The van der Waals surface area contributed by atoms with E-state index < -0.39 is 5.79 Å². The molecular weight excluding hydrogens is 438 g/mol. The minimum Gasteiger partial charge on any atom is -0.460 e. The summed E-state index contributed by atoms with van der Waals surface area (Å²) in [6.45, 7) is 11.3. The number of amides is 1. The minimum absolute atomic E-state index is 0.180. The highest BCUT2D eigenvalue weighted by molar-refractivity contribution is 5.75. The third-order valence-corrected chi connectivity index (χ3v) is 7.09. The van der Waals surface area contributed by atoms with Crippen molar-refractivity contribution in [1.82, 2.24) is 10.3 Å². The van der Waals surface area contributed by atoms with Gasteiger partial charge in [-0.3, -0.25) is 9.78 Å². The molecule has 6 heteroatoms. The number of pyridine rings is 1. The molecule has 1 aromatic heterocycles. The van der Waals surface area contributed by atoms with Gasteiger partial charge in [-0.25, -0.2) is 0 Å². The maximum Gasteiger partial charge on any atom is 0.220 e. The fourth-order valence-corrected chi connectivity index (χ4v) is 4.88. The third-order valence-electron chi connectivity index (χ3n) is 7.09. The molecule has 200 valence electrons. The topological polar surface area (TPSA) is 60.5 Å². The number of ether oxygens (including phenoxy) is 2. The van der Waals surface area contributed by atoms with Crippen molar-refractivity contribution in [3.63, 3.8) is 0 Å². The summed E-state index contributed by atoms with van der Waals surface area (Å²) in [5.74, 6) is 0.495. The number of rotatable bonds is 17. The lowest BCUT2D eigenvalue weighted by Crippen LogP contribution is -2.45. The molecule has 0 fully saturated rings. The summed E-state index contributed by atoms with van der Waals surface area (Å²) in [7, 11) is 4.40. The summed E-state index contributed by atoms with van der Waals surface area (Å²) in [6, 6.07) is 0. The number of likely N-dealkylation sites (N-methyl/N-ethyl adjacent to an activating group) is 1. The van der Waals surface area contributed by atoms with Gasteiger partial charge in [0.05, 0.1) is 39.5 Å². The molecule has 1 amide bonds. The normalized spacial score (nSPS) is 17.7. The van der Waals surface area contributed by atoms with E-state index in [9.17, 15) is 4.79 Å². The van der Waals surface area contributed by atoms with Gasteiger partial charge in [-0.15, -0.1) is 0 Å². The van der Waals surface area contributed by atoms with E-state index in [1.165, 1.54) is 44.9 Å². The number of carbonyl (C=O) groups is 1. The highest BCUT2D eigenvalue weighted by atomic mass is 16.7. The Hall–Kier alpha value is -1.66. The van der Waals surface area contributed by atoms with Crippen LogP contribution < -0.4 is 10.1 Å². The number of nitrogens with one attached hydrogen (secondary N) is 1. The van der Waals surface area contributed by atoms with E-state index in [1.54, 1.807) is 0 Å². The van der Waals surface area contributed by atoms with Crippen molar-refractivity contribution < 1.29 is 18.8 Å². The molecule has 1 N–H and O–H groups in total. The molecule has 0 bridgehead atoms. The van der Waals surface area contributed by atoms with Crippen molar-refractivity contribution in [2.45, 2.75) is 124 Å². The van der Waals surface area contributed by atoms with Gasteiger partial charge in [0.15, 0.2) is 0 Å². The average molecular weight is 491 g/mol. The number of aryl methyl sites for hydroxylation is 1. The largest absolute Gasteiger partial charge is 0.460 e. The Morgan fingerprint density at radius 1 is 1.06 bits per heavy atom. The molecule has 0 saturated carbocycles. The summed E-state index contributed by atoms with van der Waals surface area (Å²) in [4.78, 5) is 16.9. The second-order valence-electron chi connectivity index (χ2n) is 11.2. The summed E-state index contributed by atoms with van der Waals surface area (Å²) in [5, 5.41) is 3.13. The molecule has 1 unspecified atom stereocenters. The van der Waals surface area contributed by atoms with Gasteiger partial charge in [0, 0.05) is 37.1 Å². The van der Waals surface area contributed by atoms with E-state index in [2.05, 4.69) is 38.2 Å². The SMILES string of the molecule is CCCCCCCCCCCC(=O)NCC[N+](C)(C)Cc1cnc(C)c2c1COC(C)(CCC)O2. The number of aromatic nitrogens is 1. The number of fused-ring (bicyclic) bond motifs is 1. The first-order valence-electron chi connectivity index (χ1n) is 14.1. The van der Waals surface area contributed by atoms with E-state index in [-0.39, 0.29) is 5.91 Å². The van der Waals surface area contributed by atoms with Gasteiger partial charge in [0.25, 0.3) is 0 Å². The quantitative estimate of drug-likeness (QED) is 0.202. The number of hydrogen-bond acceptors (Lipinski definition) is 4. The average Bonchev–Trinajstić information content (AvgIpc) is 2.80. The van der Waals surface area contributed by atoms with Crippen molar-refractivity contribution in [3.8, 4) is 5.75 Å². The Morgan fingerprint density at radius 2 is 1.71 bits per heavy atom. The molecule has 1 aromatic rings. The predicted octanol–water partition coefficient (Wildman–Crippen LogP) is 6.43. The number of hydrogen-bond donors (Lipinski definition) is 1. The second-order valence-corrected chi connectivity index (χ2v) is 11.2. The number of quaternary nitrogens is 1. The van der Waals surface area contributed by atoms with Crippen molar-refractivity contribution in [2.24, 2.45) is 0 Å². The zero-order chi connectivity index (χ0) is 25.7. The van der Waals surface area contributed by atoms with Gasteiger partial charge >= 0.3 is 0 Å². The van der Waals surface area contributed by atoms with Crippen LogP contribution in [0.15, 0.2) is 6.20 Å². The molecule has 1 aliphatic rings. The summed E-state index contributed by atoms with van der Waals surface area (Å²) >= 11 is 0. The van der Waals surface area contributed by atoms with Crippen LogP contribution in [0, 0.1) is 6.92 Å². The second kappa shape index (κ2) is 14.8. The van der Waals surface area contributed by atoms with Crippen LogP contribution in [0.5, 0.6) is 5.75 Å². The maximum atomic E-state index is 12.3. The Bertz CT molecular complexity index is 781. The highest BCUT2D eigenvalue weighted by Gasteiger charge is 2.35. The molecule has 0 saturated heterocycles. The molecule has 6 nitrogen and oxygen atoms in total. The summed E-state index contributed by atoms with van der Waals surface area (Å²) in [6.07, 6.45) is 15.9. The Kier molecular flexibility index (Phi) is 12.5. The maximum absolute atomic E-state index is 12.3. The smallest absolute Gasteiger partial charge is 0.220 e. The molecule has 2 rings (SSSR count). The number of nitrogens with zero attached hydrogens (tertiary/aromatic N) is 2. The standard InChI is InChI=1S/C29H51N3O3/c1-7-9-10-11-12-13-14-15-16-17-27(33)30-19-20-32(5,6)22-25-21-31-24(3)28-26(25)23-34-29(4,35-28)18-8-2/h21H,7-20,22-23H2,1-6H3/p+1. The first kappa shape index (κ1) is 29.6. The molecular formula is C29H52N3O3+. The molecule has 35 heavy (non-hydrogen) atoms. The molecule has 0 spiro atoms. The lowest BCUT2D eigenvalue weighted by atomic mass is 10.0. The Labute approximate surface area is 214 Å².